The summed E-state index contributed by atoms with van der Waals surface area (Å²) in [4.78, 5) is 21.6. The Morgan fingerprint density at radius 3 is 2.81 bits per heavy atom. The second-order valence-corrected chi connectivity index (χ2v) is 4.77. The van der Waals surface area contributed by atoms with Crippen LogP contribution in [-0.2, 0) is 18.3 Å². The summed E-state index contributed by atoms with van der Waals surface area (Å²) in [6, 6.07) is 1.91. The van der Waals surface area contributed by atoms with Crippen molar-refractivity contribution in [1.82, 2.24) is 4.57 Å². The van der Waals surface area contributed by atoms with Gasteiger partial charge in [-0.25, -0.2) is 0 Å². The van der Waals surface area contributed by atoms with Crippen LogP contribution in [0, 0.1) is 10.1 Å². The molecule has 1 aromatic heterocycles. The van der Waals surface area contributed by atoms with Crippen LogP contribution in [0.4, 0.5) is 5.69 Å². The minimum atomic E-state index is -1.14. The van der Waals surface area contributed by atoms with E-state index in [1.54, 1.807) is 30.0 Å². The van der Waals surface area contributed by atoms with Crippen molar-refractivity contribution < 1.29 is 14.8 Å². The van der Waals surface area contributed by atoms with Gasteiger partial charge in [-0.2, -0.15) is 0 Å². The van der Waals surface area contributed by atoms with E-state index in [1.807, 2.05) is 0 Å². The maximum absolute atomic E-state index is 11.2. The van der Waals surface area contributed by atoms with E-state index in [-0.39, 0.29) is 12.1 Å². The third-order valence-corrected chi connectivity index (χ3v) is 3.38. The number of benzene rings is 1. The minimum Gasteiger partial charge on any atom is -0.480 e. The predicted octanol–water partition coefficient (Wildman–Crippen LogP) is 1.68. The molecule has 0 fully saturated rings. The molecule has 7 nitrogen and oxygen atoms in total. The van der Waals surface area contributed by atoms with Crippen LogP contribution in [-0.4, -0.2) is 26.6 Å². The Bertz CT molecular complexity index is 748. The van der Waals surface area contributed by atoms with Gasteiger partial charge in [-0.15, -0.1) is 0 Å². The summed E-state index contributed by atoms with van der Waals surface area (Å²) in [7, 11) is 1.74. The molecule has 1 unspecified atom stereocenters. The summed E-state index contributed by atoms with van der Waals surface area (Å²) >= 11 is 0. The molecule has 0 aliphatic rings. The molecule has 0 aliphatic carbocycles. The molecule has 1 atom stereocenters. The topological polar surface area (TPSA) is 111 Å². The van der Waals surface area contributed by atoms with Gasteiger partial charge in [0.1, 0.15) is 6.04 Å². The Balaban J connectivity index is 2.74. The van der Waals surface area contributed by atoms with Crippen molar-refractivity contribution >= 4 is 28.6 Å². The third kappa shape index (κ3) is 2.50. The molecule has 21 heavy (non-hydrogen) atoms. The molecule has 2 aromatic rings. The fourth-order valence-electron chi connectivity index (χ4n) is 2.45. The highest BCUT2D eigenvalue weighted by Crippen LogP contribution is 2.33. The predicted molar refractivity (Wildman–Crippen MR) is 79.0 cm³/mol. The first-order valence-corrected chi connectivity index (χ1v) is 6.23. The number of nitro groups is 1. The van der Waals surface area contributed by atoms with Crippen LogP contribution in [0.2, 0.25) is 0 Å². The average Bonchev–Trinajstić information content (AvgIpc) is 2.75. The smallest absolute Gasteiger partial charge is 0.320 e. The molecule has 0 saturated carbocycles. The number of carbonyl (C=O) groups is 1. The number of aromatic nitrogens is 1. The number of nitro benzene ring substituents is 1. The van der Waals surface area contributed by atoms with Gasteiger partial charge in [-0.1, -0.05) is 12.7 Å². The van der Waals surface area contributed by atoms with E-state index >= 15 is 0 Å². The molecule has 0 spiro atoms. The van der Waals surface area contributed by atoms with Crippen LogP contribution < -0.4 is 5.73 Å². The number of nitrogens with zero attached hydrogens (tertiary/aromatic N) is 2. The van der Waals surface area contributed by atoms with Crippen molar-refractivity contribution in [3.05, 3.63) is 46.1 Å². The molecular weight excluding hydrogens is 274 g/mol. The lowest BCUT2D eigenvalue weighted by Crippen LogP contribution is -2.32. The molecular formula is C14H15N3O4. The molecule has 2 rings (SSSR count). The summed E-state index contributed by atoms with van der Waals surface area (Å²) < 4.78 is 1.73. The normalized spacial score (nSPS) is 12.3. The number of aliphatic carboxylic acids is 1. The maximum atomic E-state index is 11.2. The van der Waals surface area contributed by atoms with Gasteiger partial charge in [-0.05, 0) is 17.2 Å². The number of rotatable bonds is 5. The van der Waals surface area contributed by atoms with Crippen LogP contribution >= 0.6 is 0 Å². The number of carboxylic acid groups (broad SMARTS) is 1. The molecule has 7 heteroatoms. The van der Waals surface area contributed by atoms with Crippen molar-refractivity contribution in [2.45, 2.75) is 12.5 Å². The van der Waals surface area contributed by atoms with Crippen molar-refractivity contribution in [2.24, 2.45) is 12.8 Å². The van der Waals surface area contributed by atoms with Gasteiger partial charge >= 0.3 is 5.97 Å². The van der Waals surface area contributed by atoms with Gasteiger partial charge in [0.05, 0.1) is 15.8 Å². The van der Waals surface area contributed by atoms with Crippen LogP contribution in [0.3, 0.4) is 0 Å². The fourth-order valence-corrected chi connectivity index (χ4v) is 2.45. The van der Waals surface area contributed by atoms with Crippen LogP contribution in [0.15, 0.2) is 24.9 Å². The van der Waals surface area contributed by atoms with Crippen molar-refractivity contribution in [1.29, 1.82) is 0 Å². The van der Waals surface area contributed by atoms with Gasteiger partial charge in [0.15, 0.2) is 0 Å². The molecule has 0 saturated heterocycles. The molecule has 1 heterocycles. The highest BCUT2D eigenvalue weighted by atomic mass is 16.6. The van der Waals surface area contributed by atoms with E-state index in [9.17, 15) is 14.9 Å². The first-order chi connectivity index (χ1) is 9.86. The Morgan fingerprint density at radius 2 is 2.29 bits per heavy atom. The van der Waals surface area contributed by atoms with Gasteiger partial charge in [0, 0.05) is 25.7 Å². The Morgan fingerprint density at radius 1 is 1.62 bits per heavy atom. The van der Waals surface area contributed by atoms with E-state index < -0.39 is 16.9 Å². The number of carboxylic acids is 1. The van der Waals surface area contributed by atoms with Crippen molar-refractivity contribution in [3.63, 3.8) is 0 Å². The number of hydrogen-bond acceptors (Lipinski definition) is 4. The fraction of sp³-hybridized carbons (Fsp3) is 0.214. The summed E-state index contributed by atoms with van der Waals surface area (Å²) in [6.07, 6.45) is 3.30. The van der Waals surface area contributed by atoms with Gasteiger partial charge in [0.25, 0.3) is 5.69 Å². The molecule has 0 bridgehead atoms. The number of aryl methyl sites for hydroxylation is 1. The van der Waals surface area contributed by atoms with Crippen LogP contribution in [0.5, 0.6) is 0 Å². The van der Waals surface area contributed by atoms with E-state index in [2.05, 4.69) is 6.58 Å². The minimum absolute atomic E-state index is 0.0219. The van der Waals surface area contributed by atoms with Gasteiger partial charge in [0.2, 0.25) is 0 Å². The summed E-state index contributed by atoms with van der Waals surface area (Å²) in [5, 5.41) is 20.6. The largest absolute Gasteiger partial charge is 0.480 e. The average molecular weight is 289 g/mol. The Kier molecular flexibility index (Phi) is 3.77. The molecule has 0 aliphatic heterocycles. The van der Waals surface area contributed by atoms with E-state index in [0.29, 0.717) is 16.5 Å². The van der Waals surface area contributed by atoms with Crippen LogP contribution in [0.1, 0.15) is 11.1 Å². The molecule has 0 radical (unpaired) electrons. The SMILES string of the molecule is C=Cc1ccc([N+](=O)[O-])c2c(CC(N)C(=O)O)cn(C)c12. The number of non-ortho nitro benzene ring substituents is 1. The lowest BCUT2D eigenvalue weighted by atomic mass is 10.0. The zero-order chi connectivity index (χ0) is 15.7. The Hall–Kier alpha value is -2.67. The second kappa shape index (κ2) is 5.37. The number of hydrogen-bond donors (Lipinski definition) is 2. The Labute approximate surface area is 120 Å². The maximum Gasteiger partial charge on any atom is 0.320 e. The van der Waals surface area contributed by atoms with Gasteiger partial charge in [-0.3, -0.25) is 14.9 Å². The summed E-state index contributed by atoms with van der Waals surface area (Å²) in [6.45, 7) is 3.69. The van der Waals surface area contributed by atoms with Gasteiger partial charge < -0.3 is 15.4 Å². The van der Waals surface area contributed by atoms with E-state index in [1.165, 1.54) is 6.07 Å². The monoisotopic (exact) mass is 289 g/mol. The number of nitrogens with two attached hydrogens (primary N) is 1. The molecule has 0 amide bonds. The molecule has 1 aromatic carbocycles. The van der Waals surface area contributed by atoms with Crippen molar-refractivity contribution in [3.8, 4) is 0 Å². The van der Waals surface area contributed by atoms with E-state index in [4.69, 9.17) is 10.8 Å². The lowest BCUT2D eigenvalue weighted by molar-refractivity contribution is -0.383. The quantitative estimate of drug-likeness (QED) is 0.642. The lowest BCUT2D eigenvalue weighted by Gasteiger charge is -2.06. The second-order valence-electron chi connectivity index (χ2n) is 4.77. The first kappa shape index (κ1) is 14.7. The zero-order valence-electron chi connectivity index (χ0n) is 11.4. The zero-order valence-corrected chi connectivity index (χ0v) is 11.4. The summed E-state index contributed by atoms with van der Waals surface area (Å²) in [5.74, 6) is -1.14. The van der Waals surface area contributed by atoms with Crippen LogP contribution in [0.25, 0.3) is 17.0 Å². The first-order valence-electron chi connectivity index (χ1n) is 6.23. The standard InChI is InChI=1S/C14H15N3O4/c1-3-8-4-5-11(17(20)21)12-9(6-10(15)14(18)19)7-16(2)13(8)12/h3-5,7,10H,1,6,15H2,2H3,(H,18,19). The number of fused-ring (bicyclic) bond motifs is 1. The van der Waals surface area contributed by atoms with Crippen molar-refractivity contribution in [2.75, 3.05) is 0 Å². The third-order valence-electron chi connectivity index (χ3n) is 3.38. The molecule has 110 valence electrons. The highest BCUT2D eigenvalue weighted by Gasteiger charge is 2.23. The highest BCUT2D eigenvalue weighted by molar-refractivity contribution is 5.98. The van der Waals surface area contributed by atoms with E-state index in [0.717, 1.165) is 5.56 Å². The summed E-state index contributed by atoms with van der Waals surface area (Å²) in [5.41, 5.74) is 7.41. The molecule has 3 N–H and O–H groups in total.